The first kappa shape index (κ1) is 15.9. The molecular weight excluding hydrogens is 143 g/mol. The SMILES string of the molecule is O=S(=O)([O-])O.[CH2-]C.[Na+]. The zero-order valence-corrected chi connectivity index (χ0v) is 7.60. The molecule has 0 unspecified atom stereocenters. The standard InChI is InChI=1S/C2H5.Na.H2O4S/c1-2;;1-5(2,3)4/h1H2,2H3;;(H2,1,2,3,4)/q-1;+1;/p-1. The second-order valence-corrected chi connectivity index (χ2v) is 1.28. The number of hydrogen-bond donors (Lipinski definition) is 1. The largest absolute Gasteiger partial charge is 1.00 e. The van der Waals surface area contributed by atoms with E-state index in [0.29, 0.717) is 0 Å². The average Bonchev–Trinajstić information content (AvgIpc) is 1.36. The van der Waals surface area contributed by atoms with Gasteiger partial charge in [0.25, 0.3) is 0 Å². The molecule has 0 saturated carbocycles. The third-order valence-electron chi connectivity index (χ3n) is 0. The fourth-order valence-electron chi connectivity index (χ4n) is 0. The summed E-state index contributed by atoms with van der Waals surface area (Å²) in [6.45, 7) is 5.00. The average molecular weight is 149 g/mol. The molecule has 0 fully saturated rings. The van der Waals surface area contributed by atoms with Crippen molar-refractivity contribution in [2.45, 2.75) is 6.92 Å². The molecule has 8 heavy (non-hydrogen) atoms. The van der Waals surface area contributed by atoms with Crippen molar-refractivity contribution in [1.29, 1.82) is 0 Å². The number of hydrogen-bond acceptors (Lipinski definition) is 3. The van der Waals surface area contributed by atoms with Crippen LogP contribution in [0.1, 0.15) is 6.92 Å². The Morgan fingerprint density at radius 1 is 1.50 bits per heavy atom. The van der Waals surface area contributed by atoms with Crippen LogP contribution >= 0.6 is 0 Å². The van der Waals surface area contributed by atoms with Gasteiger partial charge in [-0.1, -0.05) is 0 Å². The van der Waals surface area contributed by atoms with Crippen LogP contribution in [0.5, 0.6) is 0 Å². The Hall–Kier alpha value is 0.870. The molecule has 0 saturated heterocycles. The van der Waals surface area contributed by atoms with E-state index in [0.717, 1.165) is 0 Å². The Morgan fingerprint density at radius 3 is 1.50 bits per heavy atom. The maximum absolute atomic E-state index is 8.63. The van der Waals surface area contributed by atoms with E-state index in [-0.39, 0.29) is 29.6 Å². The zero-order chi connectivity index (χ0) is 6.50. The second kappa shape index (κ2) is 7.87. The van der Waals surface area contributed by atoms with Gasteiger partial charge in [-0.05, 0) is 0 Å². The van der Waals surface area contributed by atoms with Gasteiger partial charge >= 0.3 is 29.6 Å². The van der Waals surface area contributed by atoms with Crippen LogP contribution in [0.25, 0.3) is 0 Å². The van der Waals surface area contributed by atoms with Gasteiger partial charge in [0.1, 0.15) is 0 Å². The smallest absolute Gasteiger partial charge is 0.726 e. The van der Waals surface area contributed by atoms with Gasteiger partial charge in [0, 0.05) is 0 Å². The van der Waals surface area contributed by atoms with Gasteiger partial charge in [0.15, 0.2) is 0 Å². The van der Waals surface area contributed by atoms with Crippen LogP contribution in [0.4, 0.5) is 0 Å². The summed E-state index contributed by atoms with van der Waals surface area (Å²) in [6.07, 6.45) is 0. The van der Waals surface area contributed by atoms with Gasteiger partial charge in [-0.15, -0.1) is 0 Å². The van der Waals surface area contributed by atoms with Crippen molar-refractivity contribution in [2.24, 2.45) is 0 Å². The minimum atomic E-state index is -4.92. The summed E-state index contributed by atoms with van der Waals surface area (Å²) in [6, 6.07) is 0. The van der Waals surface area contributed by atoms with Crippen LogP contribution in [-0.4, -0.2) is 17.5 Å². The van der Waals surface area contributed by atoms with E-state index < -0.39 is 10.4 Å². The van der Waals surface area contributed by atoms with Gasteiger partial charge in [-0.2, -0.15) is 6.92 Å². The third kappa shape index (κ3) is 313. The van der Waals surface area contributed by atoms with E-state index in [1.807, 2.05) is 0 Å². The second-order valence-electron chi connectivity index (χ2n) is 0.428. The Morgan fingerprint density at radius 2 is 1.50 bits per heavy atom. The topological polar surface area (TPSA) is 77.4 Å². The zero-order valence-electron chi connectivity index (χ0n) is 4.79. The van der Waals surface area contributed by atoms with Crippen molar-refractivity contribution in [3.05, 3.63) is 6.92 Å². The molecular formula is C2H6NaO4S-. The molecule has 0 radical (unpaired) electrons. The normalized spacial score (nSPS) is 8.00. The Kier molecular flexibility index (Phi) is 15.7. The molecule has 0 rings (SSSR count). The summed E-state index contributed by atoms with van der Waals surface area (Å²) < 4.78 is 32.8. The van der Waals surface area contributed by atoms with Crippen LogP contribution in [0, 0.1) is 6.92 Å². The van der Waals surface area contributed by atoms with E-state index in [9.17, 15) is 0 Å². The Labute approximate surface area is 71.2 Å². The van der Waals surface area contributed by atoms with Crippen LogP contribution in [-0.2, 0) is 10.4 Å². The quantitative estimate of drug-likeness (QED) is 0.171. The molecule has 4 nitrogen and oxygen atoms in total. The fourth-order valence-corrected chi connectivity index (χ4v) is 0. The first-order valence-corrected chi connectivity index (χ1v) is 2.75. The molecule has 0 aliphatic carbocycles. The van der Waals surface area contributed by atoms with Gasteiger partial charge in [0.05, 0.1) is 0 Å². The number of rotatable bonds is 0. The molecule has 0 aliphatic rings. The third-order valence-corrected chi connectivity index (χ3v) is 0. The molecule has 0 aromatic carbocycles. The van der Waals surface area contributed by atoms with Crippen molar-refractivity contribution in [3.8, 4) is 0 Å². The summed E-state index contributed by atoms with van der Waals surface area (Å²) >= 11 is 0. The first-order chi connectivity index (χ1) is 3.00. The molecule has 46 valence electrons. The van der Waals surface area contributed by atoms with E-state index >= 15 is 0 Å². The van der Waals surface area contributed by atoms with E-state index in [1.165, 1.54) is 0 Å². The Bertz CT molecular complexity index is 97.2. The predicted octanol–water partition coefficient (Wildman–Crippen LogP) is -3.15. The van der Waals surface area contributed by atoms with E-state index in [4.69, 9.17) is 17.5 Å². The van der Waals surface area contributed by atoms with Gasteiger partial charge in [-0.25, -0.2) is 8.42 Å². The van der Waals surface area contributed by atoms with Crippen molar-refractivity contribution in [3.63, 3.8) is 0 Å². The summed E-state index contributed by atoms with van der Waals surface area (Å²) in [7, 11) is -4.92. The minimum absolute atomic E-state index is 0. The molecule has 0 aromatic rings. The van der Waals surface area contributed by atoms with E-state index in [2.05, 4.69) is 6.92 Å². The summed E-state index contributed by atoms with van der Waals surface area (Å²) in [5.74, 6) is 0. The van der Waals surface area contributed by atoms with Crippen LogP contribution in [0.2, 0.25) is 0 Å². The van der Waals surface area contributed by atoms with Crippen molar-refractivity contribution in [2.75, 3.05) is 0 Å². The maximum Gasteiger partial charge on any atom is 1.00 e. The molecule has 0 atom stereocenters. The maximum atomic E-state index is 8.63. The molecule has 0 heterocycles. The van der Waals surface area contributed by atoms with Crippen molar-refractivity contribution >= 4 is 10.4 Å². The molecule has 0 amide bonds. The van der Waals surface area contributed by atoms with Gasteiger partial charge in [0.2, 0.25) is 10.4 Å². The van der Waals surface area contributed by atoms with Crippen LogP contribution < -0.4 is 29.6 Å². The Balaban J connectivity index is -0.0000000750. The predicted molar refractivity (Wildman–Crippen MR) is 23.4 cm³/mol. The molecule has 0 aromatic heterocycles. The fraction of sp³-hybridized carbons (Fsp3) is 0.500. The molecule has 0 spiro atoms. The summed E-state index contributed by atoms with van der Waals surface area (Å²) in [5, 5.41) is 0. The molecule has 0 bridgehead atoms. The monoisotopic (exact) mass is 149 g/mol. The van der Waals surface area contributed by atoms with Gasteiger partial charge < -0.3 is 11.5 Å². The van der Waals surface area contributed by atoms with E-state index in [1.54, 1.807) is 6.92 Å². The van der Waals surface area contributed by atoms with Gasteiger partial charge in [-0.3, -0.25) is 4.55 Å². The van der Waals surface area contributed by atoms with Crippen molar-refractivity contribution < 1.29 is 47.1 Å². The van der Waals surface area contributed by atoms with Crippen molar-refractivity contribution in [1.82, 2.24) is 0 Å². The minimum Gasteiger partial charge on any atom is -0.726 e. The summed E-state index contributed by atoms with van der Waals surface area (Å²) in [4.78, 5) is 0. The van der Waals surface area contributed by atoms with Crippen LogP contribution in [0.3, 0.4) is 0 Å². The molecule has 0 aliphatic heterocycles. The molecule has 1 N–H and O–H groups in total. The van der Waals surface area contributed by atoms with Crippen LogP contribution in [0.15, 0.2) is 0 Å². The molecule has 6 heteroatoms. The summed E-state index contributed by atoms with van der Waals surface area (Å²) in [5.41, 5.74) is 0. The first-order valence-electron chi connectivity index (χ1n) is 1.39.